The highest BCUT2D eigenvalue weighted by Gasteiger charge is 2.45. The van der Waals surface area contributed by atoms with E-state index in [0.717, 1.165) is 36.1 Å². The predicted molar refractivity (Wildman–Crippen MR) is 86.8 cm³/mol. The van der Waals surface area contributed by atoms with Gasteiger partial charge in [0.1, 0.15) is 11.6 Å². The number of benzene rings is 2. The van der Waals surface area contributed by atoms with E-state index in [9.17, 15) is 9.18 Å². The van der Waals surface area contributed by atoms with Crippen molar-refractivity contribution in [3.8, 4) is 5.75 Å². The third kappa shape index (κ3) is 2.93. The number of rotatable bonds is 5. The molecule has 120 valence electrons. The van der Waals surface area contributed by atoms with Gasteiger partial charge < -0.3 is 10.1 Å². The maximum Gasteiger partial charge on any atom is 0.230 e. The van der Waals surface area contributed by atoms with Crippen molar-refractivity contribution in [3.63, 3.8) is 0 Å². The molecule has 4 heteroatoms. The Morgan fingerprint density at radius 3 is 2.48 bits per heavy atom. The van der Waals surface area contributed by atoms with E-state index in [1.54, 1.807) is 19.2 Å². The monoisotopic (exact) mass is 313 g/mol. The smallest absolute Gasteiger partial charge is 0.230 e. The minimum atomic E-state index is -0.518. The van der Waals surface area contributed by atoms with Crippen LogP contribution in [0.3, 0.4) is 0 Å². The molecule has 1 fully saturated rings. The van der Waals surface area contributed by atoms with Crippen molar-refractivity contribution in [2.75, 3.05) is 7.11 Å². The second-order valence-electron chi connectivity index (χ2n) is 5.94. The molecule has 2 aromatic carbocycles. The van der Waals surface area contributed by atoms with Gasteiger partial charge in [0.15, 0.2) is 0 Å². The van der Waals surface area contributed by atoms with Crippen LogP contribution in [0, 0.1) is 5.82 Å². The van der Waals surface area contributed by atoms with Gasteiger partial charge in [-0.1, -0.05) is 36.8 Å². The summed E-state index contributed by atoms with van der Waals surface area (Å²) in [6.45, 7) is 0.422. The normalized spacial score (nSPS) is 15.6. The first-order valence-corrected chi connectivity index (χ1v) is 7.82. The number of amides is 1. The number of halogens is 1. The zero-order valence-corrected chi connectivity index (χ0v) is 13.1. The molecule has 3 rings (SSSR count). The summed E-state index contributed by atoms with van der Waals surface area (Å²) >= 11 is 0. The minimum Gasteiger partial charge on any atom is -0.496 e. The highest BCUT2D eigenvalue weighted by atomic mass is 19.1. The highest BCUT2D eigenvalue weighted by Crippen LogP contribution is 2.44. The quantitative estimate of drug-likeness (QED) is 0.916. The molecule has 0 bridgehead atoms. The second kappa shape index (κ2) is 6.41. The van der Waals surface area contributed by atoms with Gasteiger partial charge in [-0.3, -0.25) is 4.79 Å². The molecule has 1 aliphatic rings. The second-order valence-corrected chi connectivity index (χ2v) is 5.94. The Bertz CT molecular complexity index is 693. The zero-order valence-electron chi connectivity index (χ0n) is 13.1. The van der Waals surface area contributed by atoms with E-state index < -0.39 is 5.41 Å². The molecule has 3 nitrogen and oxygen atoms in total. The van der Waals surface area contributed by atoms with Crippen molar-refractivity contribution in [1.29, 1.82) is 0 Å². The fourth-order valence-corrected chi connectivity index (χ4v) is 3.14. The Morgan fingerprint density at radius 1 is 1.17 bits per heavy atom. The van der Waals surface area contributed by atoms with Crippen molar-refractivity contribution < 1.29 is 13.9 Å². The summed E-state index contributed by atoms with van der Waals surface area (Å²) in [5, 5.41) is 3.02. The Morgan fingerprint density at radius 2 is 1.87 bits per heavy atom. The Balaban J connectivity index is 1.75. The summed E-state index contributed by atoms with van der Waals surface area (Å²) in [4.78, 5) is 12.8. The Hall–Kier alpha value is -2.36. The van der Waals surface area contributed by atoms with Crippen LogP contribution in [0.2, 0.25) is 0 Å². The van der Waals surface area contributed by atoms with Crippen LogP contribution in [0.25, 0.3) is 0 Å². The number of para-hydroxylation sites is 1. The van der Waals surface area contributed by atoms with Gasteiger partial charge >= 0.3 is 0 Å². The van der Waals surface area contributed by atoms with E-state index in [0.29, 0.717) is 6.54 Å². The molecule has 1 saturated carbocycles. The Labute approximate surface area is 135 Å². The summed E-state index contributed by atoms with van der Waals surface area (Å²) in [6.07, 6.45) is 2.62. The van der Waals surface area contributed by atoms with E-state index in [2.05, 4.69) is 5.32 Å². The summed E-state index contributed by atoms with van der Waals surface area (Å²) in [7, 11) is 1.62. The minimum absolute atomic E-state index is 0.00117. The molecule has 2 aromatic rings. The number of carbonyl (C=O) groups is 1. The molecule has 23 heavy (non-hydrogen) atoms. The molecule has 0 aliphatic heterocycles. The van der Waals surface area contributed by atoms with Crippen molar-refractivity contribution in [2.24, 2.45) is 0 Å². The number of hydrogen-bond acceptors (Lipinski definition) is 2. The molecule has 1 N–H and O–H groups in total. The van der Waals surface area contributed by atoms with Gasteiger partial charge in [0.2, 0.25) is 5.91 Å². The zero-order chi connectivity index (χ0) is 16.3. The lowest BCUT2D eigenvalue weighted by molar-refractivity contribution is -0.130. The maximum atomic E-state index is 13.1. The average molecular weight is 313 g/mol. The fourth-order valence-electron chi connectivity index (χ4n) is 3.14. The molecule has 0 heterocycles. The van der Waals surface area contributed by atoms with Gasteiger partial charge in [-0.15, -0.1) is 0 Å². The largest absolute Gasteiger partial charge is 0.496 e. The standard InChI is InChI=1S/C19H20FNO2/c1-23-17-6-3-2-5-14(17)13-21-18(22)19(11-4-12-19)15-7-9-16(20)10-8-15/h2-3,5-10H,4,11-13H2,1H3,(H,21,22). The van der Waals surface area contributed by atoms with E-state index in [1.165, 1.54) is 12.1 Å². The summed E-state index contributed by atoms with van der Waals surface area (Å²) < 4.78 is 18.4. The van der Waals surface area contributed by atoms with Crippen molar-refractivity contribution in [3.05, 3.63) is 65.5 Å². The van der Waals surface area contributed by atoms with Crippen molar-refractivity contribution in [1.82, 2.24) is 5.32 Å². The van der Waals surface area contributed by atoms with E-state index >= 15 is 0 Å². The van der Waals surface area contributed by atoms with E-state index in [-0.39, 0.29) is 11.7 Å². The van der Waals surface area contributed by atoms with Crippen LogP contribution in [0.5, 0.6) is 5.75 Å². The van der Waals surface area contributed by atoms with Crippen molar-refractivity contribution >= 4 is 5.91 Å². The van der Waals surface area contributed by atoms with Gasteiger partial charge in [-0.25, -0.2) is 4.39 Å². The van der Waals surface area contributed by atoms with E-state index in [4.69, 9.17) is 4.74 Å². The molecule has 1 aliphatic carbocycles. The molecule has 1 amide bonds. The van der Waals surface area contributed by atoms with Crippen molar-refractivity contribution in [2.45, 2.75) is 31.2 Å². The third-order valence-corrected chi connectivity index (χ3v) is 4.67. The van der Waals surface area contributed by atoms with Crippen LogP contribution >= 0.6 is 0 Å². The molecule has 0 unspecified atom stereocenters. The van der Waals surface area contributed by atoms with Crippen LogP contribution in [0.4, 0.5) is 4.39 Å². The third-order valence-electron chi connectivity index (χ3n) is 4.67. The number of carbonyl (C=O) groups excluding carboxylic acids is 1. The molecule has 0 spiro atoms. The van der Waals surface area contributed by atoms with Crippen LogP contribution in [-0.4, -0.2) is 13.0 Å². The first-order valence-electron chi connectivity index (χ1n) is 7.82. The Kier molecular flexibility index (Phi) is 4.33. The summed E-state index contributed by atoms with van der Waals surface area (Å²) in [5.74, 6) is 0.483. The van der Waals surface area contributed by atoms with Crippen LogP contribution in [0.15, 0.2) is 48.5 Å². The lowest BCUT2D eigenvalue weighted by Gasteiger charge is -2.40. The number of hydrogen-bond donors (Lipinski definition) is 1. The molecular weight excluding hydrogens is 293 g/mol. The molecular formula is C19H20FNO2. The van der Waals surface area contributed by atoms with Crippen LogP contribution in [0.1, 0.15) is 30.4 Å². The number of ether oxygens (including phenoxy) is 1. The molecule has 0 saturated heterocycles. The van der Waals surface area contributed by atoms with Crippen LogP contribution in [-0.2, 0) is 16.8 Å². The summed E-state index contributed by atoms with van der Waals surface area (Å²) in [5.41, 5.74) is 1.31. The van der Waals surface area contributed by atoms with Gasteiger partial charge in [-0.2, -0.15) is 0 Å². The lowest BCUT2D eigenvalue weighted by atomic mass is 9.64. The van der Waals surface area contributed by atoms with Gasteiger partial charge in [0.25, 0.3) is 0 Å². The highest BCUT2D eigenvalue weighted by molar-refractivity contribution is 5.89. The molecule has 0 atom stereocenters. The van der Waals surface area contributed by atoms with Gasteiger partial charge in [-0.05, 0) is 36.6 Å². The fraction of sp³-hybridized carbons (Fsp3) is 0.316. The lowest BCUT2D eigenvalue weighted by Crippen LogP contribution is -2.49. The predicted octanol–water partition coefficient (Wildman–Crippen LogP) is 3.57. The summed E-state index contributed by atoms with van der Waals surface area (Å²) in [6, 6.07) is 13.9. The first kappa shape index (κ1) is 15.5. The SMILES string of the molecule is COc1ccccc1CNC(=O)C1(c2ccc(F)cc2)CCC1. The van der Waals surface area contributed by atoms with Gasteiger partial charge in [0, 0.05) is 12.1 Å². The molecule has 0 radical (unpaired) electrons. The van der Waals surface area contributed by atoms with E-state index in [1.807, 2.05) is 24.3 Å². The maximum absolute atomic E-state index is 13.1. The first-order chi connectivity index (χ1) is 11.2. The number of nitrogens with one attached hydrogen (secondary N) is 1. The topological polar surface area (TPSA) is 38.3 Å². The number of methoxy groups -OCH3 is 1. The average Bonchev–Trinajstić information content (AvgIpc) is 2.54. The van der Waals surface area contributed by atoms with Crippen LogP contribution < -0.4 is 10.1 Å². The van der Waals surface area contributed by atoms with Gasteiger partial charge in [0.05, 0.1) is 12.5 Å². The molecule has 0 aromatic heterocycles.